The van der Waals surface area contributed by atoms with Crippen LogP contribution in [0.1, 0.15) is 22.3 Å². The van der Waals surface area contributed by atoms with Gasteiger partial charge in [0, 0.05) is 11.1 Å². The van der Waals surface area contributed by atoms with Gasteiger partial charge in [-0.15, -0.1) is 0 Å². The van der Waals surface area contributed by atoms with Crippen molar-refractivity contribution in [3.8, 4) is 57.1 Å². The molecule has 0 unspecified atom stereocenters. The van der Waals surface area contributed by atoms with Crippen molar-refractivity contribution in [1.29, 1.82) is 0 Å². The fourth-order valence-electron chi connectivity index (χ4n) is 5.36. The molecule has 44 heavy (non-hydrogen) atoms. The smallest absolute Gasteiger partial charge is 0.160 e. The van der Waals surface area contributed by atoms with Crippen molar-refractivity contribution in [2.24, 2.45) is 0 Å². The third kappa shape index (κ3) is 7.08. The molecule has 0 N–H and O–H groups in total. The van der Waals surface area contributed by atoms with Crippen LogP contribution in [-0.2, 0) is 25.7 Å². The van der Waals surface area contributed by atoms with E-state index in [2.05, 4.69) is 0 Å². The Morgan fingerprint density at radius 2 is 0.659 bits per heavy atom. The van der Waals surface area contributed by atoms with Crippen molar-refractivity contribution in [2.45, 2.75) is 25.7 Å². The molecule has 0 fully saturated rings. The fourth-order valence-corrected chi connectivity index (χ4v) is 5.36. The van der Waals surface area contributed by atoms with E-state index in [1.807, 2.05) is 60.7 Å². The third-order valence-corrected chi connectivity index (χ3v) is 7.76. The van der Waals surface area contributed by atoms with Crippen LogP contribution >= 0.6 is 0 Å². The van der Waals surface area contributed by atoms with E-state index in [1.54, 1.807) is 56.9 Å². The lowest BCUT2D eigenvalue weighted by molar-refractivity contribution is 0.354. The zero-order valence-corrected chi connectivity index (χ0v) is 26.9. The largest absolute Gasteiger partial charge is 0.496 e. The highest BCUT2D eigenvalue weighted by molar-refractivity contribution is 5.80. The van der Waals surface area contributed by atoms with Crippen molar-refractivity contribution in [3.63, 3.8) is 0 Å². The maximum absolute atomic E-state index is 5.90. The van der Waals surface area contributed by atoms with Gasteiger partial charge < -0.3 is 37.9 Å². The van der Waals surface area contributed by atoms with Crippen molar-refractivity contribution in [1.82, 2.24) is 0 Å². The molecule has 0 bridgehead atoms. The minimum absolute atomic E-state index is 0.705. The lowest BCUT2D eigenvalue weighted by Crippen LogP contribution is -2.02. The Labute approximate surface area is 260 Å². The molecule has 0 aliphatic heterocycles. The average Bonchev–Trinajstić information content (AvgIpc) is 3.08. The van der Waals surface area contributed by atoms with E-state index < -0.39 is 0 Å². The number of benzene rings is 4. The molecule has 0 atom stereocenters. The second-order valence-electron chi connectivity index (χ2n) is 10.1. The van der Waals surface area contributed by atoms with E-state index in [0.29, 0.717) is 34.5 Å². The molecule has 0 radical (unpaired) electrons. The summed E-state index contributed by atoms with van der Waals surface area (Å²) in [5.41, 5.74) is 6.01. The van der Waals surface area contributed by atoms with Crippen molar-refractivity contribution < 1.29 is 37.9 Å². The van der Waals surface area contributed by atoms with E-state index in [4.69, 9.17) is 37.9 Å². The number of methoxy groups -OCH3 is 8. The van der Waals surface area contributed by atoms with E-state index >= 15 is 0 Å². The van der Waals surface area contributed by atoms with Crippen LogP contribution in [0.25, 0.3) is 11.1 Å². The van der Waals surface area contributed by atoms with E-state index in [1.165, 1.54) is 0 Å². The van der Waals surface area contributed by atoms with Crippen LogP contribution in [0.3, 0.4) is 0 Å². The molecule has 0 aliphatic rings. The van der Waals surface area contributed by atoms with Gasteiger partial charge in [-0.1, -0.05) is 12.1 Å². The number of hydrogen-bond acceptors (Lipinski definition) is 8. The summed E-state index contributed by atoms with van der Waals surface area (Å²) in [7, 11) is 13.3. The van der Waals surface area contributed by atoms with E-state index in [-0.39, 0.29) is 0 Å². The van der Waals surface area contributed by atoms with Gasteiger partial charge in [0.15, 0.2) is 23.0 Å². The Morgan fingerprint density at radius 1 is 0.318 bits per heavy atom. The standard InChI is InChI=1S/C36H42O8/c1-37-29-15-11-23(17-35(29)43-7)9-13-25-19-33(41-5)27(21-31(25)39-3)28-22-32(40-4)26(20-34(28)42-6)14-10-24-12-16-30(38-2)36(18-24)44-8/h11-12,15-22H,9-10,13-14H2,1-8H3. The molecule has 0 aromatic heterocycles. The first-order valence-corrected chi connectivity index (χ1v) is 14.3. The van der Waals surface area contributed by atoms with Crippen molar-refractivity contribution in [3.05, 3.63) is 82.9 Å². The van der Waals surface area contributed by atoms with Gasteiger partial charge in [-0.05, 0) is 96.5 Å². The number of ether oxygens (including phenoxy) is 8. The predicted octanol–water partition coefficient (Wildman–Crippen LogP) is 6.99. The molecule has 4 rings (SSSR count). The summed E-state index contributed by atoms with van der Waals surface area (Å²) in [5.74, 6) is 5.78. The molecule has 0 aliphatic carbocycles. The summed E-state index contributed by atoms with van der Waals surface area (Å²) in [6, 6.07) is 20.0. The zero-order chi connectivity index (χ0) is 31.6. The molecule has 4 aromatic carbocycles. The number of rotatable bonds is 15. The summed E-state index contributed by atoms with van der Waals surface area (Å²) >= 11 is 0. The highest BCUT2D eigenvalue weighted by Gasteiger charge is 2.20. The minimum atomic E-state index is 0.705. The van der Waals surface area contributed by atoms with Gasteiger partial charge in [-0.2, -0.15) is 0 Å². The molecular weight excluding hydrogens is 560 g/mol. The van der Waals surface area contributed by atoms with Gasteiger partial charge in [0.25, 0.3) is 0 Å². The van der Waals surface area contributed by atoms with Crippen LogP contribution < -0.4 is 37.9 Å². The van der Waals surface area contributed by atoms with Crippen molar-refractivity contribution in [2.75, 3.05) is 56.9 Å². The third-order valence-electron chi connectivity index (χ3n) is 7.76. The Balaban J connectivity index is 1.64. The van der Waals surface area contributed by atoms with Gasteiger partial charge in [-0.25, -0.2) is 0 Å². The van der Waals surface area contributed by atoms with Crippen LogP contribution in [0.4, 0.5) is 0 Å². The molecule has 234 valence electrons. The van der Waals surface area contributed by atoms with Gasteiger partial charge in [0.05, 0.1) is 56.9 Å². The van der Waals surface area contributed by atoms with Gasteiger partial charge in [-0.3, -0.25) is 0 Å². The first kappa shape index (κ1) is 32.2. The second kappa shape index (κ2) is 15.1. The predicted molar refractivity (Wildman–Crippen MR) is 172 cm³/mol. The molecule has 8 nitrogen and oxygen atoms in total. The summed E-state index contributed by atoms with van der Waals surface area (Å²) in [5, 5.41) is 0. The summed E-state index contributed by atoms with van der Waals surface area (Å²) < 4.78 is 45.2. The van der Waals surface area contributed by atoms with Crippen LogP contribution in [0, 0.1) is 0 Å². The van der Waals surface area contributed by atoms with Crippen LogP contribution in [0.2, 0.25) is 0 Å². The topological polar surface area (TPSA) is 73.8 Å². The first-order chi connectivity index (χ1) is 21.4. The van der Waals surface area contributed by atoms with Gasteiger partial charge in [0.2, 0.25) is 0 Å². The van der Waals surface area contributed by atoms with E-state index in [0.717, 1.165) is 70.6 Å². The highest BCUT2D eigenvalue weighted by Crippen LogP contribution is 2.44. The van der Waals surface area contributed by atoms with Gasteiger partial charge in [0.1, 0.15) is 23.0 Å². The lowest BCUT2D eigenvalue weighted by atomic mass is 9.95. The van der Waals surface area contributed by atoms with Gasteiger partial charge >= 0.3 is 0 Å². The fraction of sp³-hybridized carbons (Fsp3) is 0.333. The Hall–Kier alpha value is -4.72. The zero-order valence-electron chi connectivity index (χ0n) is 26.9. The first-order valence-electron chi connectivity index (χ1n) is 14.3. The summed E-state index contributed by atoms with van der Waals surface area (Å²) in [4.78, 5) is 0. The lowest BCUT2D eigenvalue weighted by Gasteiger charge is -2.19. The quantitative estimate of drug-likeness (QED) is 0.144. The SMILES string of the molecule is COc1cc(-c2cc(OC)c(CCc3ccc(OC)c(OC)c3)cc2OC)c(OC)cc1CCc1ccc(OC)c(OC)c1. The van der Waals surface area contributed by atoms with Crippen LogP contribution in [0.5, 0.6) is 46.0 Å². The average molecular weight is 603 g/mol. The van der Waals surface area contributed by atoms with Crippen molar-refractivity contribution >= 4 is 0 Å². The number of hydrogen-bond donors (Lipinski definition) is 0. The molecule has 0 heterocycles. The molecule has 0 saturated carbocycles. The Morgan fingerprint density at radius 3 is 0.977 bits per heavy atom. The normalized spacial score (nSPS) is 10.6. The molecule has 0 amide bonds. The number of aryl methyl sites for hydroxylation is 4. The molecule has 0 spiro atoms. The second-order valence-corrected chi connectivity index (χ2v) is 10.1. The van der Waals surface area contributed by atoms with E-state index in [9.17, 15) is 0 Å². The molecule has 0 saturated heterocycles. The Bertz CT molecular complexity index is 1450. The molecular formula is C36H42O8. The maximum Gasteiger partial charge on any atom is 0.160 e. The Kier molecular flexibility index (Phi) is 11.1. The molecule has 4 aromatic rings. The maximum atomic E-state index is 5.90. The highest BCUT2D eigenvalue weighted by atomic mass is 16.5. The van der Waals surface area contributed by atoms with Crippen LogP contribution in [0.15, 0.2) is 60.7 Å². The monoisotopic (exact) mass is 602 g/mol. The summed E-state index contributed by atoms with van der Waals surface area (Å²) in [6.45, 7) is 0. The minimum Gasteiger partial charge on any atom is -0.496 e. The van der Waals surface area contributed by atoms with Crippen LogP contribution in [-0.4, -0.2) is 56.9 Å². The molecule has 8 heteroatoms. The summed E-state index contributed by atoms with van der Waals surface area (Å²) in [6.07, 6.45) is 3.05.